The van der Waals surface area contributed by atoms with Crippen LogP contribution in [-0.4, -0.2) is 6.54 Å². The van der Waals surface area contributed by atoms with Crippen molar-refractivity contribution in [1.29, 1.82) is 0 Å². The van der Waals surface area contributed by atoms with Gasteiger partial charge in [-0.1, -0.05) is 140 Å². The van der Waals surface area contributed by atoms with Crippen LogP contribution in [0.3, 0.4) is 0 Å². The summed E-state index contributed by atoms with van der Waals surface area (Å²) in [5.74, 6) is 0.554. The predicted octanol–water partition coefficient (Wildman–Crippen LogP) is 8.38. The summed E-state index contributed by atoms with van der Waals surface area (Å²) in [5.41, 5.74) is 7.39. The van der Waals surface area contributed by atoms with Crippen molar-refractivity contribution in [3.8, 4) is 0 Å². The minimum Gasteiger partial charge on any atom is -0.330 e. The summed E-state index contributed by atoms with van der Waals surface area (Å²) in [7, 11) is 0. The molecule has 0 fully saturated rings. The molecule has 1 aromatic rings. The van der Waals surface area contributed by atoms with Crippen LogP contribution in [0, 0.1) is 0 Å². The zero-order valence-electron chi connectivity index (χ0n) is 18.3. The van der Waals surface area contributed by atoms with Gasteiger partial charge in [0, 0.05) is 0 Å². The molecule has 0 amide bonds. The number of hydrogen-bond donors (Lipinski definition) is 1. The second-order valence-electron chi connectivity index (χ2n) is 8.44. The maximum Gasteiger partial charge on any atom is -0.000824 e. The number of hydrogen-bond acceptors (Lipinski definition) is 1. The number of rotatable bonds is 19. The molecule has 0 bridgehead atoms. The summed E-state index contributed by atoms with van der Waals surface area (Å²) in [4.78, 5) is 0. The van der Waals surface area contributed by atoms with Crippen LogP contribution in [0.1, 0.15) is 128 Å². The van der Waals surface area contributed by atoms with Gasteiger partial charge in [-0.25, -0.2) is 0 Å². The average Bonchev–Trinajstić information content (AvgIpc) is 2.71. The van der Waals surface area contributed by atoms with E-state index in [1.54, 1.807) is 0 Å². The lowest BCUT2D eigenvalue weighted by atomic mass is 9.93. The molecule has 0 aliphatic heterocycles. The lowest BCUT2D eigenvalue weighted by Crippen LogP contribution is -2.12. The van der Waals surface area contributed by atoms with E-state index in [0.717, 1.165) is 6.54 Å². The molecule has 0 heterocycles. The lowest BCUT2D eigenvalue weighted by Gasteiger charge is -2.14. The number of nitrogens with two attached hydrogens (primary N) is 1. The Morgan fingerprint density at radius 2 is 1.00 bits per heavy atom. The monoisotopic (exact) mass is 373 g/mol. The molecule has 2 N–H and O–H groups in total. The fraction of sp³-hybridized carbons (Fsp3) is 0.769. The van der Waals surface area contributed by atoms with Gasteiger partial charge in [-0.15, -0.1) is 0 Å². The fourth-order valence-electron chi connectivity index (χ4n) is 4.08. The van der Waals surface area contributed by atoms with Crippen LogP contribution in [0.25, 0.3) is 0 Å². The first-order chi connectivity index (χ1) is 13.4. The summed E-state index contributed by atoms with van der Waals surface area (Å²) in [6, 6.07) is 10.8. The van der Waals surface area contributed by atoms with E-state index in [1.807, 2.05) is 0 Å². The highest BCUT2D eigenvalue weighted by Gasteiger charge is 2.08. The van der Waals surface area contributed by atoms with Gasteiger partial charge >= 0.3 is 0 Å². The van der Waals surface area contributed by atoms with Crippen molar-refractivity contribution in [3.63, 3.8) is 0 Å². The normalized spacial score (nSPS) is 12.4. The molecular weight excluding hydrogens is 326 g/mol. The van der Waals surface area contributed by atoms with Crippen LogP contribution < -0.4 is 5.73 Å². The maximum atomic E-state index is 5.97. The van der Waals surface area contributed by atoms with Crippen molar-refractivity contribution < 1.29 is 0 Å². The van der Waals surface area contributed by atoms with Crippen molar-refractivity contribution in [2.45, 2.75) is 122 Å². The number of unbranched alkanes of at least 4 members (excludes halogenated alkanes) is 15. The first kappa shape index (κ1) is 24.2. The molecule has 0 aliphatic carbocycles. The molecule has 1 nitrogen and oxygen atoms in total. The Morgan fingerprint density at radius 1 is 0.593 bits per heavy atom. The molecule has 156 valence electrons. The molecule has 0 aromatic heterocycles. The Labute approximate surface area is 170 Å². The van der Waals surface area contributed by atoms with Crippen LogP contribution >= 0.6 is 0 Å². The van der Waals surface area contributed by atoms with Crippen LogP contribution in [0.5, 0.6) is 0 Å². The van der Waals surface area contributed by atoms with Crippen molar-refractivity contribution in [2.75, 3.05) is 6.54 Å². The summed E-state index contributed by atoms with van der Waals surface area (Å²) in [5, 5.41) is 0. The van der Waals surface area contributed by atoms with Crippen LogP contribution in [0.2, 0.25) is 0 Å². The van der Waals surface area contributed by atoms with Gasteiger partial charge in [-0.2, -0.15) is 0 Å². The molecule has 0 spiro atoms. The van der Waals surface area contributed by atoms with Gasteiger partial charge in [0.15, 0.2) is 0 Å². The highest BCUT2D eigenvalue weighted by atomic mass is 14.5. The largest absolute Gasteiger partial charge is 0.330 e. The Kier molecular flexibility index (Phi) is 16.6. The molecule has 0 saturated carbocycles. The smallest absolute Gasteiger partial charge is 0.000824 e. The van der Waals surface area contributed by atoms with E-state index in [4.69, 9.17) is 5.73 Å². The third kappa shape index (κ3) is 13.9. The molecule has 0 radical (unpaired) electrons. The quantitative estimate of drug-likeness (QED) is 0.242. The SMILES string of the molecule is CCCCCCCCCCCCCCCCCCC(CN)c1ccccc1. The van der Waals surface area contributed by atoms with E-state index in [9.17, 15) is 0 Å². The van der Waals surface area contributed by atoms with Crippen LogP contribution in [0.4, 0.5) is 0 Å². The van der Waals surface area contributed by atoms with Gasteiger partial charge in [-0.3, -0.25) is 0 Å². The highest BCUT2D eigenvalue weighted by molar-refractivity contribution is 5.19. The third-order valence-electron chi connectivity index (χ3n) is 5.96. The topological polar surface area (TPSA) is 26.0 Å². The summed E-state index contributed by atoms with van der Waals surface area (Å²) >= 11 is 0. The summed E-state index contributed by atoms with van der Waals surface area (Å²) in [6.07, 6.45) is 24.2. The minimum atomic E-state index is 0.554. The highest BCUT2D eigenvalue weighted by Crippen LogP contribution is 2.22. The maximum absolute atomic E-state index is 5.97. The van der Waals surface area contributed by atoms with Crippen molar-refractivity contribution in [2.24, 2.45) is 5.73 Å². The lowest BCUT2D eigenvalue weighted by molar-refractivity contribution is 0.516. The minimum absolute atomic E-state index is 0.554. The van der Waals surface area contributed by atoms with Gasteiger partial charge in [0.25, 0.3) is 0 Å². The first-order valence-corrected chi connectivity index (χ1v) is 12.1. The molecule has 1 rings (SSSR count). The average molecular weight is 374 g/mol. The van der Waals surface area contributed by atoms with Gasteiger partial charge in [0.2, 0.25) is 0 Å². The van der Waals surface area contributed by atoms with Gasteiger partial charge in [0.05, 0.1) is 0 Å². The zero-order chi connectivity index (χ0) is 19.4. The number of benzene rings is 1. The van der Waals surface area contributed by atoms with Gasteiger partial charge < -0.3 is 5.73 Å². The molecular formula is C26H47N. The fourth-order valence-corrected chi connectivity index (χ4v) is 4.08. The van der Waals surface area contributed by atoms with Crippen molar-refractivity contribution >= 4 is 0 Å². The second-order valence-corrected chi connectivity index (χ2v) is 8.44. The Hall–Kier alpha value is -0.820. The third-order valence-corrected chi connectivity index (χ3v) is 5.96. The molecule has 1 heteroatoms. The van der Waals surface area contributed by atoms with E-state index in [1.165, 1.54) is 115 Å². The second kappa shape index (κ2) is 18.5. The van der Waals surface area contributed by atoms with Crippen molar-refractivity contribution in [3.05, 3.63) is 35.9 Å². The summed E-state index contributed by atoms with van der Waals surface area (Å²) < 4.78 is 0. The first-order valence-electron chi connectivity index (χ1n) is 12.1. The molecule has 1 unspecified atom stereocenters. The van der Waals surface area contributed by atoms with E-state index in [0.29, 0.717) is 5.92 Å². The van der Waals surface area contributed by atoms with Gasteiger partial charge in [0.1, 0.15) is 0 Å². The van der Waals surface area contributed by atoms with Crippen LogP contribution in [-0.2, 0) is 0 Å². The molecule has 1 aromatic carbocycles. The van der Waals surface area contributed by atoms with E-state index < -0.39 is 0 Å². The van der Waals surface area contributed by atoms with Gasteiger partial charge in [-0.05, 0) is 24.4 Å². The Bertz CT molecular complexity index is 400. The molecule has 0 saturated heterocycles. The zero-order valence-corrected chi connectivity index (χ0v) is 18.3. The van der Waals surface area contributed by atoms with E-state index in [-0.39, 0.29) is 0 Å². The van der Waals surface area contributed by atoms with Crippen LogP contribution in [0.15, 0.2) is 30.3 Å². The van der Waals surface area contributed by atoms with E-state index >= 15 is 0 Å². The van der Waals surface area contributed by atoms with E-state index in [2.05, 4.69) is 37.3 Å². The standard InChI is InChI=1S/C26H47N/c1-2-3-4-5-6-7-8-9-10-11-12-13-14-15-16-18-23-26(24-27)25-21-19-17-20-22-25/h17,19-22,26H,2-16,18,23-24,27H2,1H3. The summed E-state index contributed by atoms with van der Waals surface area (Å²) in [6.45, 7) is 3.08. The Balaban J connectivity index is 1.81. The molecule has 1 atom stereocenters. The predicted molar refractivity (Wildman–Crippen MR) is 122 cm³/mol. The Morgan fingerprint density at radius 3 is 1.41 bits per heavy atom. The van der Waals surface area contributed by atoms with Crippen molar-refractivity contribution in [1.82, 2.24) is 0 Å². The molecule has 0 aliphatic rings. The molecule has 27 heavy (non-hydrogen) atoms.